The Balaban J connectivity index is 2.23. The number of carboxylic acids is 1. The van der Waals surface area contributed by atoms with Gasteiger partial charge in [0.15, 0.2) is 0 Å². The minimum atomic E-state index is -0.947. The summed E-state index contributed by atoms with van der Waals surface area (Å²) in [5, 5.41) is 19.5. The van der Waals surface area contributed by atoms with Crippen molar-refractivity contribution in [1.29, 1.82) is 0 Å². The fourth-order valence-electron chi connectivity index (χ4n) is 3.72. The third-order valence-corrected chi connectivity index (χ3v) is 5.06. The monoisotopic (exact) mass is 250 g/mol. The first-order valence-corrected chi connectivity index (χ1v) is 6.64. The molecule has 0 unspecified atom stereocenters. The summed E-state index contributed by atoms with van der Waals surface area (Å²) in [6, 6.07) is 0. The number of allylic oxidation sites excluding steroid dienone is 1. The number of hydrogen-bond acceptors (Lipinski definition) is 2. The number of fused-ring (bicyclic) bond motifs is 1. The van der Waals surface area contributed by atoms with Gasteiger partial charge in [0.2, 0.25) is 0 Å². The lowest BCUT2D eigenvalue weighted by Gasteiger charge is -2.51. The molecule has 2 fully saturated rings. The van der Waals surface area contributed by atoms with Crippen molar-refractivity contribution in [2.75, 3.05) is 0 Å². The van der Waals surface area contributed by atoms with Crippen molar-refractivity contribution in [3.8, 4) is 0 Å². The maximum Gasteiger partial charge on any atom is 0.331 e. The highest BCUT2D eigenvalue weighted by Crippen LogP contribution is 2.54. The average molecular weight is 250 g/mol. The van der Waals surface area contributed by atoms with Crippen LogP contribution in [0.25, 0.3) is 0 Å². The molecule has 0 aromatic heterocycles. The van der Waals surface area contributed by atoms with Crippen molar-refractivity contribution in [2.24, 2.45) is 17.3 Å². The smallest absolute Gasteiger partial charge is 0.331 e. The van der Waals surface area contributed by atoms with Gasteiger partial charge in [0.25, 0.3) is 0 Å². The number of hydrogen-bond donors (Lipinski definition) is 2. The van der Waals surface area contributed by atoms with Gasteiger partial charge in [0.1, 0.15) is 0 Å². The molecule has 0 aromatic rings. The van der Waals surface area contributed by atoms with Crippen molar-refractivity contribution < 1.29 is 15.0 Å². The van der Waals surface area contributed by atoms with Crippen molar-refractivity contribution in [3.05, 3.63) is 24.3 Å². The summed E-state index contributed by atoms with van der Waals surface area (Å²) in [5.74, 6) is -0.834. The lowest BCUT2D eigenvalue weighted by atomic mass is 9.55. The Morgan fingerprint density at radius 3 is 2.72 bits per heavy atom. The maximum atomic E-state index is 11.0. The summed E-state index contributed by atoms with van der Waals surface area (Å²) in [6.07, 6.45) is 3.93. The molecule has 3 heteroatoms. The van der Waals surface area contributed by atoms with E-state index in [2.05, 4.69) is 20.1 Å². The van der Waals surface area contributed by atoms with Crippen LogP contribution in [0, 0.1) is 17.3 Å². The molecule has 100 valence electrons. The van der Waals surface area contributed by atoms with Gasteiger partial charge in [-0.25, -0.2) is 4.79 Å². The number of rotatable bonds is 2. The summed E-state index contributed by atoms with van der Waals surface area (Å²) in [7, 11) is 0. The Morgan fingerprint density at radius 2 is 2.11 bits per heavy atom. The molecule has 4 atom stereocenters. The van der Waals surface area contributed by atoms with E-state index < -0.39 is 12.1 Å². The Morgan fingerprint density at radius 1 is 1.44 bits per heavy atom. The largest absolute Gasteiger partial charge is 0.478 e. The van der Waals surface area contributed by atoms with Crippen LogP contribution in [-0.4, -0.2) is 22.3 Å². The van der Waals surface area contributed by atoms with Crippen LogP contribution in [0.3, 0.4) is 0 Å². The molecule has 2 aliphatic rings. The topological polar surface area (TPSA) is 57.5 Å². The van der Waals surface area contributed by atoms with E-state index in [-0.39, 0.29) is 22.8 Å². The van der Waals surface area contributed by atoms with Gasteiger partial charge in [-0.05, 0) is 43.9 Å². The first-order chi connectivity index (χ1) is 8.36. The van der Waals surface area contributed by atoms with Crippen molar-refractivity contribution >= 4 is 5.97 Å². The predicted octanol–water partition coefficient (Wildman–Crippen LogP) is 2.76. The van der Waals surface area contributed by atoms with E-state index in [1.54, 1.807) is 0 Å². The zero-order chi connectivity index (χ0) is 13.5. The summed E-state index contributed by atoms with van der Waals surface area (Å²) < 4.78 is 0. The van der Waals surface area contributed by atoms with Crippen LogP contribution >= 0.6 is 0 Å². The van der Waals surface area contributed by atoms with Crippen LogP contribution in [0.15, 0.2) is 24.3 Å². The Labute approximate surface area is 108 Å². The van der Waals surface area contributed by atoms with Gasteiger partial charge in [-0.15, -0.1) is 0 Å². The lowest BCUT2D eigenvalue weighted by molar-refractivity contribution is -0.134. The number of aliphatic hydroxyl groups excluding tert-OH is 1. The number of carboxylic acid groups (broad SMARTS) is 1. The fraction of sp³-hybridized carbons (Fsp3) is 0.667. The van der Waals surface area contributed by atoms with Crippen molar-refractivity contribution in [2.45, 2.75) is 45.1 Å². The molecular formula is C15H22O3. The molecule has 0 bridgehead atoms. The van der Waals surface area contributed by atoms with Crippen LogP contribution < -0.4 is 0 Å². The van der Waals surface area contributed by atoms with Gasteiger partial charge >= 0.3 is 5.97 Å². The second-order valence-electron chi connectivity index (χ2n) is 6.08. The Hall–Kier alpha value is -1.09. The molecule has 0 radical (unpaired) electrons. The molecule has 2 saturated carbocycles. The van der Waals surface area contributed by atoms with Gasteiger partial charge < -0.3 is 10.2 Å². The summed E-state index contributed by atoms with van der Waals surface area (Å²) >= 11 is 0. The Kier molecular flexibility index (Phi) is 3.37. The van der Waals surface area contributed by atoms with E-state index in [0.29, 0.717) is 6.42 Å². The fourth-order valence-corrected chi connectivity index (χ4v) is 3.72. The summed E-state index contributed by atoms with van der Waals surface area (Å²) in [6.45, 7) is 9.90. The van der Waals surface area contributed by atoms with E-state index >= 15 is 0 Å². The van der Waals surface area contributed by atoms with Crippen LogP contribution in [-0.2, 0) is 4.79 Å². The van der Waals surface area contributed by atoms with Gasteiger partial charge in [0, 0.05) is 11.0 Å². The highest BCUT2D eigenvalue weighted by Gasteiger charge is 2.49. The first kappa shape index (κ1) is 13.3. The molecule has 3 nitrogen and oxygen atoms in total. The molecule has 0 heterocycles. The molecule has 18 heavy (non-hydrogen) atoms. The normalized spacial score (nSPS) is 40.1. The third-order valence-electron chi connectivity index (χ3n) is 5.06. The molecule has 0 saturated heterocycles. The number of aliphatic carboxylic acids is 1. The van der Waals surface area contributed by atoms with E-state index in [1.165, 1.54) is 5.57 Å². The van der Waals surface area contributed by atoms with Gasteiger partial charge in [-0.3, -0.25) is 0 Å². The molecule has 0 aliphatic heterocycles. The predicted molar refractivity (Wildman–Crippen MR) is 70.1 cm³/mol. The van der Waals surface area contributed by atoms with E-state index in [0.717, 1.165) is 25.7 Å². The van der Waals surface area contributed by atoms with Crippen LogP contribution in [0.1, 0.15) is 39.0 Å². The zero-order valence-electron chi connectivity index (χ0n) is 11.0. The summed E-state index contributed by atoms with van der Waals surface area (Å²) in [5.41, 5.74) is 1.28. The molecular weight excluding hydrogens is 228 g/mol. The summed E-state index contributed by atoms with van der Waals surface area (Å²) in [4.78, 5) is 11.0. The van der Waals surface area contributed by atoms with E-state index in [4.69, 9.17) is 5.11 Å². The molecule has 2 N–H and O–H groups in total. The van der Waals surface area contributed by atoms with Crippen molar-refractivity contribution in [1.82, 2.24) is 0 Å². The first-order valence-electron chi connectivity index (χ1n) is 6.64. The lowest BCUT2D eigenvalue weighted by Crippen LogP contribution is -2.48. The number of aliphatic hydroxyl groups is 1. The van der Waals surface area contributed by atoms with Gasteiger partial charge in [-0.2, -0.15) is 0 Å². The van der Waals surface area contributed by atoms with Crippen molar-refractivity contribution in [3.63, 3.8) is 0 Å². The Bertz CT molecular complexity index is 399. The standard InChI is InChI=1S/C15H22O3/c1-9-5-4-6-15(3)12(9)7-11(8-13(15)16)10(2)14(17)18/h11-13,16H,1-2,4-8H2,3H3,(H,17,18)/t11-,12-,13+,15-/m0/s1. The quantitative estimate of drug-likeness (QED) is 0.585. The molecule has 0 spiro atoms. The highest BCUT2D eigenvalue weighted by molar-refractivity contribution is 5.86. The molecule has 0 aromatic carbocycles. The van der Waals surface area contributed by atoms with Crippen LogP contribution in [0.4, 0.5) is 0 Å². The third kappa shape index (κ3) is 2.01. The van der Waals surface area contributed by atoms with E-state index in [9.17, 15) is 9.90 Å². The number of carbonyl (C=O) groups is 1. The van der Waals surface area contributed by atoms with Crippen LogP contribution in [0.5, 0.6) is 0 Å². The van der Waals surface area contributed by atoms with Gasteiger partial charge in [-0.1, -0.05) is 25.7 Å². The SMILES string of the molecule is C=C(C(=O)O)[C@@H]1C[C@@H](O)[C@@]2(C)CCCC(=C)[C@@H]2C1. The molecule has 2 rings (SSSR count). The van der Waals surface area contributed by atoms with Crippen LogP contribution in [0.2, 0.25) is 0 Å². The van der Waals surface area contributed by atoms with Gasteiger partial charge in [0.05, 0.1) is 6.10 Å². The average Bonchev–Trinajstić information content (AvgIpc) is 2.30. The second-order valence-corrected chi connectivity index (χ2v) is 6.08. The molecule has 2 aliphatic carbocycles. The van der Waals surface area contributed by atoms with E-state index in [1.807, 2.05) is 0 Å². The maximum absolute atomic E-state index is 11.0. The highest BCUT2D eigenvalue weighted by atomic mass is 16.4. The minimum absolute atomic E-state index is 0.120. The molecule has 0 amide bonds. The second kappa shape index (κ2) is 4.54. The minimum Gasteiger partial charge on any atom is -0.478 e. The zero-order valence-corrected chi connectivity index (χ0v) is 11.0.